The molecule has 26 heavy (non-hydrogen) atoms. The van der Waals surface area contributed by atoms with Gasteiger partial charge in [0.1, 0.15) is 5.52 Å². The molecule has 1 aliphatic heterocycles. The molecule has 2 heterocycles. The number of aromatic nitrogens is 2. The van der Waals surface area contributed by atoms with Gasteiger partial charge in [-0.25, -0.2) is 9.48 Å². The van der Waals surface area contributed by atoms with Crippen molar-refractivity contribution in [3.63, 3.8) is 0 Å². The van der Waals surface area contributed by atoms with Crippen LogP contribution in [0.4, 0.5) is 5.69 Å². The summed E-state index contributed by atoms with van der Waals surface area (Å²) in [6.07, 6.45) is 2.67. The zero-order valence-electron chi connectivity index (χ0n) is 13.8. The highest BCUT2D eigenvalue weighted by atomic mass is 16.7. The molecule has 1 aromatic heterocycles. The molecular weight excluding hydrogens is 334 g/mol. The third-order valence-electron chi connectivity index (χ3n) is 4.40. The number of hydrogen-bond donors (Lipinski definition) is 3. The van der Waals surface area contributed by atoms with Crippen molar-refractivity contribution in [2.45, 2.75) is 12.5 Å². The van der Waals surface area contributed by atoms with Crippen LogP contribution in [0, 0.1) is 0 Å². The summed E-state index contributed by atoms with van der Waals surface area (Å²) in [4.78, 5) is 28.0. The maximum Gasteiger partial charge on any atom is 0.358 e. The number of nitrogens with zero attached hydrogens (tertiary/aromatic N) is 2. The maximum atomic E-state index is 12.0. The molecule has 3 aromatic rings. The summed E-state index contributed by atoms with van der Waals surface area (Å²) in [7, 11) is 0. The predicted octanol–water partition coefficient (Wildman–Crippen LogP) is 1.36. The van der Waals surface area contributed by atoms with Crippen LogP contribution in [0.15, 0.2) is 48.7 Å². The van der Waals surface area contributed by atoms with E-state index in [0.717, 1.165) is 29.7 Å². The molecule has 1 unspecified atom stereocenters. The van der Waals surface area contributed by atoms with Crippen molar-refractivity contribution in [1.29, 1.82) is 0 Å². The molecule has 0 aliphatic carbocycles. The van der Waals surface area contributed by atoms with Gasteiger partial charge < -0.3 is 15.5 Å². The van der Waals surface area contributed by atoms with Gasteiger partial charge in [-0.15, -0.1) is 0 Å². The fraction of sp³-hybridized carbons (Fsp3) is 0.167. The van der Waals surface area contributed by atoms with Crippen molar-refractivity contribution >= 4 is 28.5 Å². The Morgan fingerprint density at radius 1 is 1.23 bits per heavy atom. The number of carbonyl (C=O) groups is 2. The minimum absolute atomic E-state index is 0.0289. The van der Waals surface area contributed by atoms with E-state index in [1.54, 1.807) is 16.8 Å². The minimum atomic E-state index is -0.636. The zero-order chi connectivity index (χ0) is 18.1. The van der Waals surface area contributed by atoms with E-state index in [4.69, 9.17) is 5.90 Å². The molecule has 0 saturated carbocycles. The Labute approximate surface area is 148 Å². The average molecular weight is 351 g/mol. The first-order valence-electron chi connectivity index (χ1n) is 8.20. The van der Waals surface area contributed by atoms with E-state index in [1.165, 1.54) is 0 Å². The summed E-state index contributed by atoms with van der Waals surface area (Å²) >= 11 is 0. The summed E-state index contributed by atoms with van der Waals surface area (Å²) in [5.41, 5.74) is 2.33. The smallest absolute Gasteiger partial charge is 0.358 e. The molecule has 1 atom stereocenters. The molecule has 8 heteroatoms. The highest BCUT2D eigenvalue weighted by molar-refractivity contribution is 6.02. The van der Waals surface area contributed by atoms with Gasteiger partial charge in [-0.3, -0.25) is 4.79 Å². The molecule has 132 valence electrons. The number of benzene rings is 2. The van der Waals surface area contributed by atoms with Gasteiger partial charge in [0.05, 0.1) is 17.3 Å². The summed E-state index contributed by atoms with van der Waals surface area (Å²) in [6, 6.07) is 12.4. The Balaban J connectivity index is 1.59. The lowest BCUT2D eigenvalue weighted by molar-refractivity contribution is -0.119. The second-order valence-electron chi connectivity index (χ2n) is 6.05. The standard InChI is InChI=1S/C18H17N5O3/c19-26-18(25)14-3-1-2-11-10-23(22-16(11)14)13-6-4-12(5-7-13)21-17(24)15-8-9-20-15/h1-7,10,15,20H,8-9,19H2,(H,21,24). The largest absolute Gasteiger partial charge is 0.370 e. The zero-order valence-corrected chi connectivity index (χ0v) is 13.8. The van der Waals surface area contributed by atoms with Gasteiger partial charge in [-0.2, -0.15) is 11.0 Å². The van der Waals surface area contributed by atoms with Crippen LogP contribution in [0.25, 0.3) is 16.6 Å². The van der Waals surface area contributed by atoms with E-state index in [-0.39, 0.29) is 11.9 Å². The average Bonchev–Trinajstić information content (AvgIpc) is 3.04. The third kappa shape index (κ3) is 2.92. The van der Waals surface area contributed by atoms with Crippen molar-refractivity contribution in [3.8, 4) is 5.69 Å². The highest BCUT2D eigenvalue weighted by Gasteiger charge is 2.24. The van der Waals surface area contributed by atoms with Gasteiger partial charge in [0.15, 0.2) is 0 Å². The monoisotopic (exact) mass is 351 g/mol. The molecule has 1 fully saturated rings. The van der Waals surface area contributed by atoms with Crippen molar-refractivity contribution in [3.05, 3.63) is 54.2 Å². The first kappa shape index (κ1) is 16.2. The number of nitrogens with one attached hydrogen (secondary N) is 2. The highest BCUT2D eigenvalue weighted by Crippen LogP contribution is 2.21. The van der Waals surface area contributed by atoms with Crippen LogP contribution < -0.4 is 16.5 Å². The molecule has 1 saturated heterocycles. The second-order valence-corrected chi connectivity index (χ2v) is 6.05. The number of carbonyl (C=O) groups excluding carboxylic acids is 2. The van der Waals surface area contributed by atoms with Crippen LogP contribution >= 0.6 is 0 Å². The Morgan fingerprint density at radius 3 is 2.65 bits per heavy atom. The molecule has 1 amide bonds. The van der Waals surface area contributed by atoms with Gasteiger partial charge >= 0.3 is 5.97 Å². The van der Waals surface area contributed by atoms with Crippen LogP contribution in [0.3, 0.4) is 0 Å². The molecular formula is C18H17N5O3. The molecule has 0 radical (unpaired) electrons. The van der Waals surface area contributed by atoms with E-state index in [1.807, 2.05) is 36.5 Å². The van der Waals surface area contributed by atoms with Gasteiger partial charge in [0, 0.05) is 17.3 Å². The first-order chi connectivity index (χ1) is 12.7. The summed E-state index contributed by atoms with van der Waals surface area (Å²) in [5, 5.41) is 11.2. The molecule has 8 nitrogen and oxygen atoms in total. The quantitative estimate of drug-likeness (QED) is 0.612. The van der Waals surface area contributed by atoms with Crippen molar-refractivity contribution in [2.75, 3.05) is 11.9 Å². The number of hydrogen-bond acceptors (Lipinski definition) is 6. The fourth-order valence-electron chi connectivity index (χ4n) is 2.85. The molecule has 4 N–H and O–H groups in total. The Bertz CT molecular complexity index is 976. The molecule has 0 spiro atoms. The van der Waals surface area contributed by atoms with Crippen LogP contribution in [0.1, 0.15) is 16.8 Å². The number of nitrogens with two attached hydrogens (primary N) is 1. The number of rotatable bonds is 4. The van der Waals surface area contributed by atoms with Crippen molar-refractivity contribution in [2.24, 2.45) is 5.90 Å². The van der Waals surface area contributed by atoms with Crippen LogP contribution in [-0.4, -0.2) is 34.2 Å². The topological polar surface area (TPSA) is 111 Å². The van der Waals surface area contributed by atoms with Crippen molar-refractivity contribution in [1.82, 2.24) is 15.1 Å². The lowest BCUT2D eigenvalue weighted by atomic mass is 10.1. The first-order valence-corrected chi connectivity index (χ1v) is 8.20. The van der Waals surface area contributed by atoms with Gasteiger partial charge in [-0.1, -0.05) is 12.1 Å². The fourth-order valence-corrected chi connectivity index (χ4v) is 2.85. The third-order valence-corrected chi connectivity index (χ3v) is 4.40. The van der Waals surface area contributed by atoms with Crippen molar-refractivity contribution < 1.29 is 14.4 Å². The van der Waals surface area contributed by atoms with E-state index in [2.05, 4.69) is 20.6 Å². The number of amides is 1. The molecule has 2 aromatic carbocycles. The Kier molecular flexibility index (Phi) is 4.11. The maximum absolute atomic E-state index is 12.0. The van der Waals surface area contributed by atoms with Crippen LogP contribution in [0.5, 0.6) is 0 Å². The van der Waals surface area contributed by atoms with E-state index < -0.39 is 5.97 Å². The van der Waals surface area contributed by atoms with Gasteiger partial charge in [0.25, 0.3) is 0 Å². The van der Waals surface area contributed by atoms with Gasteiger partial charge in [0.2, 0.25) is 5.91 Å². The summed E-state index contributed by atoms with van der Waals surface area (Å²) in [6.45, 7) is 0.879. The van der Waals surface area contributed by atoms with Crippen LogP contribution in [-0.2, 0) is 9.63 Å². The number of fused-ring (bicyclic) bond motifs is 1. The Morgan fingerprint density at radius 2 is 2.00 bits per heavy atom. The predicted molar refractivity (Wildman–Crippen MR) is 95.7 cm³/mol. The second kappa shape index (κ2) is 6.58. The SMILES string of the molecule is NOC(=O)c1cccc2cn(-c3ccc(NC(=O)C4CCN4)cc3)nc12. The summed E-state index contributed by atoms with van der Waals surface area (Å²) in [5.74, 6) is 4.32. The van der Waals surface area contributed by atoms with E-state index in [0.29, 0.717) is 11.1 Å². The molecule has 4 rings (SSSR count). The number of anilines is 1. The van der Waals surface area contributed by atoms with Gasteiger partial charge in [-0.05, 0) is 43.3 Å². The lowest BCUT2D eigenvalue weighted by Gasteiger charge is -2.26. The molecule has 0 bridgehead atoms. The Hall–Kier alpha value is -3.23. The van der Waals surface area contributed by atoms with E-state index >= 15 is 0 Å². The lowest BCUT2D eigenvalue weighted by Crippen LogP contribution is -2.50. The summed E-state index contributed by atoms with van der Waals surface area (Å²) < 4.78 is 1.66. The van der Waals surface area contributed by atoms with Crippen LogP contribution in [0.2, 0.25) is 0 Å². The normalized spacial score (nSPS) is 16.1. The minimum Gasteiger partial charge on any atom is -0.370 e. The molecule has 1 aliphatic rings. The van der Waals surface area contributed by atoms with E-state index in [9.17, 15) is 9.59 Å².